The molecule has 1 aromatic heterocycles. The van der Waals surface area contributed by atoms with Gasteiger partial charge in [0.05, 0.1) is 27.9 Å². The minimum atomic E-state index is -0.363. The lowest BCUT2D eigenvalue weighted by Crippen LogP contribution is -2.47. The van der Waals surface area contributed by atoms with Crippen LogP contribution in [0.2, 0.25) is 0 Å². The highest BCUT2D eigenvalue weighted by Crippen LogP contribution is 2.45. The maximum absolute atomic E-state index is 13.7. The van der Waals surface area contributed by atoms with Gasteiger partial charge >= 0.3 is 5.97 Å². The van der Waals surface area contributed by atoms with E-state index in [1.54, 1.807) is 0 Å². The van der Waals surface area contributed by atoms with Crippen LogP contribution in [0.1, 0.15) is 61.5 Å². The van der Waals surface area contributed by atoms with Crippen molar-refractivity contribution in [1.82, 2.24) is 0 Å². The zero-order chi connectivity index (χ0) is 19.9. The molecule has 5 nitrogen and oxygen atoms in total. The Morgan fingerprint density at radius 1 is 1.32 bits per heavy atom. The molecule has 0 bridgehead atoms. The predicted molar refractivity (Wildman–Crippen MR) is 118 cm³/mol. The summed E-state index contributed by atoms with van der Waals surface area (Å²) in [6.07, 6.45) is 8.64. The van der Waals surface area contributed by atoms with E-state index in [-0.39, 0.29) is 29.4 Å². The van der Waals surface area contributed by atoms with Crippen molar-refractivity contribution in [2.75, 3.05) is 18.6 Å². The number of allylic oxidation sites excluding steroid dienone is 2. The Hall–Kier alpha value is -0.930. The molecule has 28 heavy (non-hydrogen) atoms. The third-order valence-electron chi connectivity index (χ3n) is 6.32. The zero-order valence-electron chi connectivity index (χ0n) is 16.3. The van der Waals surface area contributed by atoms with Crippen molar-refractivity contribution in [3.05, 3.63) is 25.5 Å². The normalized spacial score (nSPS) is 29.3. The van der Waals surface area contributed by atoms with Gasteiger partial charge in [-0.3, -0.25) is 4.79 Å². The standard InChI is InChI=1S/C21H26INO4S/c1-13-3-5-14(6-4-13)19(24)23(15-7-9-21(10-8-15)12-27-21)16-11-17(22)28-18(16)20(25)26-2/h3,11,14-15H,4-10,12H2,1-2H3/t14-,15?,21?/m0/s1. The molecule has 0 aromatic carbocycles. The number of carbonyl (C=O) groups is 2. The SMILES string of the molecule is COC(=O)c1sc(I)cc1N(C(=O)[C@H]1CC=C(C)CC1)C1CCC2(CC1)CO2. The summed E-state index contributed by atoms with van der Waals surface area (Å²) in [4.78, 5) is 28.6. The van der Waals surface area contributed by atoms with Crippen LogP contribution in [0, 0.1) is 8.80 Å². The van der Waals surface area contributed by atoms with Crippen molar-refractivity contribution in [3.8, 4) is 0 Å². The number of rotatable bonds is 4. The number of methoxy groups -OCH3 is 1. The maximum atomic E-state index is 13.7. The fraction of sp³-hybridized carbons (Fsp3) is 0.619. The summed E-state index contributed by atoms with van der Waals surface area (Å²) >= 11 is 3.62. The van der Waals surface area contributed by atoms with E-state index in [9.17, 15) is 9.59 Å². The quantitative estimate of drug-likeness (QED) is 0.247. The monoisotopic (exact) mass is 515 g/mol. The molecule has 0 radical (unpaired) electrons. The van der Waals surface area contributed by atoms with Crippen LogP contribution in [0.25, 0.3) is 0 Å². The summed E-state index contributed by atoms with van der Waals surface area (Å²) in [5.41, 5.74) is 2.17. The Bertz CT molecular complexity index is 803. The molecule has 1 saturated carbocycles. The van der Waals surface area contributed by atoms with E-state index in [1.807, 2.05) is 11.0 Å². The lowest BCUT2D eigenvalue weighted by molar-refractivity contribution is -0.123. The van der Waals surface area contributed by atoms with Crippen LogP contribution >= 0.6 is 33.9 Å². The maximum Gasteiger partial charge on any atom is 0.350 e. The van der Waals surface area contributed by atoms with E-state index in [2.05, 4.69) is 35.6 Å². The molecule has 2 heterocycles. The second-order valence-electron chi connectivity index (χ2n) is 8.19. The number of amides is 1. The second-order valence-corrected chi connectivity index (χ2v) is 11.1. The molecule has 152 valence electrons. The molecule has 2 aliphatic carbocycles. The van der Waals surface area contributed by atoms with Gasteiger partial charge in [-0.1, -0.05) is 11.6 Å². The van der Waals surface area contributed by atoms with Crippen molar-refractivity contribution in [2.45, 2.75) is 63.5 Å². The van der Waals surface area contributed by atoms with Crippen molar-refractivity contribution in [3.63, 3.8) is 0 Å². The highest BCUT2D eigenvalue weighted by molar-refractivity contribution is 14.1. The molecular formula is C21H26INO4S. The first kappa shape index (κ1) is 20.3. The van der Waals surface area contributed by atoms with Gasteiger partial charge in [-0.15, -0.1) is 11.3 Å². The second kappa shape index (κ2) is 8.07. The Morgan fingerprint density at radius 2 is 2.04 bits per heavy atom. The molecular weight excluding hydrogens is 489 g/mol. The van der Waals surface area contributed by atoms with Gasteiger partial charge in [0.2, 0.25) is 5.91 Å². The van der Waals surface area contributed by atoms with Gasteiger partial charge in [0.15, 0.2) is 0 Å². The van der Waals surface area contributed by atoms with Crippen LogP contribution < -0.4 is 4.90 Å². The van der Waals surface area contributed by atoms with Crippen molar-refractivity contribution < 1.29 is 19.1 Å². The van der Waals surface area contributed by atoms with Crippen molar-refractivity contribution in [2.24, 2.45) is 5.92 Å². The molecule has 1 aromatic rings. The van der Waals surface area contributed by atoms with E-state index in [0.29, 0.717) is 4.88 Å². The zero-order valence-corrected chi connectivity index (χ0v) is 19.3. The number of ether oxygens (including phenoxy) is 2. The Kier molecular flexibility index (Phi) is 5.86. The molecule has 3 aliphatic rings. The Morgan fingerprint density at radius 3 is 2.61 bits per heavy atom. The molecule has 4 rings (SSSR count). The molecule has 7 heteroatoms. The first-order valence-corrected chi connectivity index (χ1v) is 11.8. The van der Waals surface area contributed by atoms with Gasteiger partial charge < -0.3 is 14.4 Å². The number of hydrogen-bond acceptors (Lipinski definition) is 5. The molecule has 1 aliphatic heterocycles. The van der Waals surface area contributed by atoms with E-state index < -0.39 is 0 Å². The number of esters is 1. The van der Waals surface area contributed by atoms with Gasteiger partial charge in [-0.05, 0) is 80.5 Å². The highest BCUT2D eigenvalue weighted by atomic mass is 127. The van der Waals surface area contributed by atoms with Gasteiger partial charge in [-0.2, -0.15) is 0 Å². The van der Waals surface area contributed by atoms with E-state index in [4.69, 9.17) is 9.47 Å². The first-order chi connectivity index (χ1) is 13.4. The third kappa shape index (κ3) is 4.03. The molecule has 2 fully saturated rings. The summed E-state index contributed by atoms with van der Waals surface area (Å²) in [5.74, 6) is -0.224. The lowest BCUT2D eigenvalue weighted by atomic mass is 9.83. The largest absolute Gasteiger partial charge is 0.465 e. The fourth-order valence-corrected chi connectivity index (χ4v) is 6.18. The average Bonchev–Trinajstić information content (AvgIpc) is 3.35. The molecule has 1 amide bonds. The summed E-state index contributed by atoms with van der Waals surface area (Å²) in [7, 11) is 1.40. The van der Waals surface area contributed by atoms with Gasteiger partial charge in [0, 0.05) is 12.0 Å². The van der Waals surface area contributed by atoms with E-state index in [0.717, 1.165) is 60.1 Å². The molecule has 0 N–H and O–H groups in total. The predicted octanol–water partition coefficient (Wildman–Crippen LogP) is 4.93. The van der Waals surface area contributed by atoms with Crippen LogP contribution in [0.5, 0.6) is 0 Å². The fourth-order valence-electron chi connectivity index (χ4n) is 4.43. The number of carbonyl (C=O) groups excluding carboxylic acids is 2. The van der Waals surface area contributed by atoms with Crippen LogP contribution in [0.3, 0.4) is 0 Å². The topological polar surface area (TPSA) is 59.1 Å². The third-order valence-corrected chi connectivity index (χ3v) is 8.19. The first-order valence-electron chi connectivity index (χ1n) is 9.93. The number of thiophene rings is 1. The Balaban J connectivity index is 1.66. The smallest absolute Gasteiger partial charge is 0.350 e. The van der Waals surface area contributed by atoms with Crippen molar-refractivity contribution >= 4 is 51.5 Å². The minimum absolute atomic E-state index is 0.0141. The van der Waals surface area contributed by atoms with E-state index in [1.165, 1.54) is 24.0 Å². The average molecular weight is 515 g/mol. The molecule has 1 saturated heterocycles. The summed E-state index contributed by atoms with van der Waals surface area (Å²) in [5, 5.41) is 0. The summed E-state index contributed by atoms with van der Waals surface area (Å²) in [6.45, 7) is 2.98. The summed E-state index contributed by atoms with van der Waals surface area (Å²) in [6, 6.07) is 2.08. The van der Waals surface area contributed by atoms with Gasteiger partial charge in [0.25, 0.3) is 0 Å². The van der Waals surface area contributed by atoms with Gasteiger partial charge in [0.1, 0.15) is 4.88 Å². The minimum Gasteiger partial charge on any atom is -0.465 e. The molecule has 1 atom stereocenters. The van der Waals surface area contributed by atoms with Crippen LogP contribution in [0.15, 0.2) is 17.7 Å². The Labute approximate surface area is 183 Å². The lowest BCUT2D eigenvalue weighted by Gasteiger charge is -2.38. The van der Waals surface area contributed by atoms with Gasteiger partial charge in [-0.25, -0.2) is 4.79 Å². The van der Waals surface area contributed by atoms with Crippen LogP contribution in [0.4, 0.5) is 5.69 Å². The van der Waals surface area contributed by atoms with Crippen LogP contribution in [-0.4, -0.2) is 37.2 Å². The number of hydrogen-bond donors (Lipinski definition) is 0. The highest BCUT2D eigenvalue weighted by Gasteiger charge is 2.49. The molecule has 1 spiro atoms. The number of anilines is 1. The van der Waals surface area contributed by atoms with Crippen LogP contribution in [-0.2, 0) is 14.3 Å². The number of nitrogens with zero attached hydrogens (tertiary/aromatic N) is 1. The van der Waals surface area contributed by atoms with Crippen molar-refractivity contribution in [1.29, 1.82) is 0 Å². The van der Waals surface area contributed by atoms with E-state index >= 15 is 0 Å². The molecule has 0 unspecified atom stereocenters. The number of epoxide rings is 1. The number of halogens is 1. The summed E-state index contributed by atoms with van der Waals surface area (Å²) < 4.78 is 11.7.